The lowest BCUT2D eigenvalue weighted by Gasteiger charge is -2.17. The fraction of sp³-hybridized carbons (Fsp3) is 0.588. The van der Waals surface area contributed by atoms with Gasteiger partial charge < -0.3 is 15.8 Å². The highest BCUT2D eigenvalue weighted by molar-refractivity contribution is 14.0. The molecule has 0 radical (unpaired) electrons. The molecule has 1 aliphatic carbocycles. The summed E-state index contributed by atoms with van der Waals surface area (Å²) in [5.41, 5.74) is 5.98. The van der Waals surface area contributed by atoms with E-state index >= 15 is 0 Å². The number of rotatable bonds is 5. The minimum atomic E-state index is 0. The Balaban J connectivity index is 0.00000242. The number of guanidine groups is 1. The van der Waals surface area contributed by atoms with Gasteiger partial charge in [-0.2, -0.15) is 0 Å². The lowest BCUT2D eigenvalue weighted by atomic mass is 10.1. The second-order valence-electron chi connectivity index (χ2n) is 5.80. The van der Waals surface area contributed by atoms with E-state index < -0.39 is 0 Å². The molecule has 0 bridgehead atoms. The summed E-state index contributed by atoms with van der Waals surface area (Å²) in [5.74, 6) is 1.42. The van der Waals surface area contributed by atoms with Crippen LogP contribution in [0.15, 0.2) is 35.3 Å². The maximum absolute atomic E-state index is 5.98. The van der Waals surface area contributed by atoms with Gasteiger partial charge in [0.15, 0.2) is 5.96 Å². The average Bonchev–Trinajstić information content (AvgIpc) is 2.75. The first kappa shape index (κ1) is 19.1. The summed E-state index contributed by atoms with van der Waals surface area (Å²) in [5, 5.41) is 3.35. The van der Waals surface area contributed by atoms with E-state index in [4.69, 9.17) is 10.5 Å². The largest absolute Gasteiger partial charge is 0.489 e. The van der Waals surface area contributed by atoms with E-state index in [1.807, 2.05) is 37.3 Å². The number of halogens is 1. The number of hydrogen-bond donors (Lipinski definition) is 2. The Kier molecular flexibility index (Phi) is 9.27. The fourth-order valence-corrected chi connectivity index (χ4v) is 2.67. The number of ether oxygens (including phenoxy) is 1. The number of nitrogens with zero attached hydrogens (tertiary/aromatic N) is 1. The zero-order chi connectivity index (χ0) is 14.9. The van der Waals surface area contributed by atoms with Gasteiger partial charge in [-0.3, -0.25) is 0 Å². The van der Waals surface area contributed by atoms with Gasteiger partial charge >= 0.3 is 0 Å². The van der Waals surface area contributed by atoms with Crippen LogP contribution in [-0.4, -0.2) is 24.7 Å². The van der Waals surface area contributed by atoms with Gasteiger partial charge in [0.25, 0.3) is 0 Å². The molecule has 0 spiro atoms. The molecule has 0 heterocycles. The first-order valence-electron chi connectivity index (χ1n) is 8.02. The number of aliphatic imine (C=N–C) groups is 1. The number of nitrogens with one attached hydrogen (secondary N) is 1. The maximum atomic E-state index is 5.98. The van der Waals surface area contributed by atoms with E-state index in [0.29, 0.717) is 18.5 Å². The molecule has 3 N–H and O–H groups in total. The standard InChI is InChI=1S/C17H27N3O.HI/c1-14(21-16-11-7-4-8-12-16)13-19-17(18)20-15-9-5-2-3-6-10-15;/h4,7-8,11-12,14-15H,2-3,5-6,9-10,13H2,1H3,(H3,18,19,20);1H. The highest BCUT2D eigenvalue weighted by Gasteiger charge is 2.12. The maximum Gasteiger partial charge on any atom is 0.188 e. The Morgan fingerprint density at radius 3 is 2.50 bits per heavy atom. The van der Waals surface area contributed by atoms with Crippen molar-refractivity contribution in [2.75, 3.05) is 6.54 Å². The van der Waals surface area contributed by atoms with Gasteiger partial charge in [0.05, 0.1) is 6.54 Å². The Morgan fingerprint density at radius 2 is 1.86 bits per heavy atom. The molecule has 4 nitrogen and oxygen atoms in total. The number of para-hydroxylation sites is 1. The van der Waals surface area contributed by atoms with Crippen molar-refractivity contribution in [3.8, 4) is 5.75 Å². The molecule has 1 aromatic rings. The minimum Gasteiger partial charge on any atom is -0.489 e. The molecule has 1 aromatic carbocycles. The van der Waals surface area contributed by atoms with Crippen LogP contribution in [0.3, 0.4) is 0 Å². The Labute approximate surface area is 150 Å². The van der Waals surface area contributed by atoms with Crippen LogP contribution in [-0.2, 0) is 0 Å². The summed E-state index contributed by atoms with van der Waals surface area (Å²) in [4.78, 5) is 4.40. The molecule has 0 aromatic heterocycles. The molecule has 1 aliphatic rings. The molecule has 1 atom stereocenters. The fourth-order valence-electron chi connectivity index (χ4n) is 2.67. The topological polar surface area (TPSA) is 59.6 Å². The van der Waals surface area contributed by atoms with Gasteiger partial charge in [-0.1, -0.05) is 43.9 Å². The average molecular weight is 417 g/mol. The van der Waals surface area contributed by atoms with Crippen LogP contribution < -0.4 is 15.8 Å². The van der Waals surface area contributed by atoms with Gasteiger partial charge in [0, 0.05) is 6.04 Å². The van der Waals surface area contributed by atoms with Crippen molar-refractivity contribution in [1.29, 1.82) is 0 Å². The number of hydrogen-bond acceptors (Lipinski definition) is 2. The Morgan fingerprint density at radius 1 is 1.23 bits per heavy atom. The van der Waals surface area contributed by atoms with Gasteiger partial charge in [-0.05, 0) is 31.9 Å². The first-order valence-corrected chi connectivity index (χ1v) is 8.02. The van der Waals surface area contributed by atoms with Crippen LogP contribution in [0.5, 0.6) is 5.75 Å². The Bertz CT molecular complexity index is 431. The third kappa shape index (κ3) is 7.33. The quantitative estimate of drug-likeness (QED) is 0.333. The van der Waals surface area contributed by atoms with Crippen molar-refractivity contribution in [2.24, 2.45) is 10.7 Å². The van der Waals surface area contributed by atoms with Crippen molar-refractivity contribution < 1.29 is 4.74 Å². The lowest BCUT2D eigenvalue weighted by Crippen LogP contribution is -2.40. The van der Waals surface area contributed by atoms with Crippen LogP contribution in [0.1, 0.15) is 45.4 Å². The predicted molar refractivity (Wildman–Crippen MR) is 103 cm³/mol. The Hall–Kier alpha value is -0.980. The third-order valence-electron chi connectivity index (χ3n) is 3.81. The molecule has 2 rings (SSSR count). The van der Waals surface area contributed by atoms with E-state index in [9.17, 15) is 0 Å². The van der Waals surface area contributed by atoms with E-state index in [2.05, 4.69) is 10.3 Å². The molecule has 5 heteroatoms. The molecule has 0 aliphatic heterocycles. The van der Waals surface area contributed by atoms with Crippen LogP contribution in [0.2, 0.25) is 0 Å². The second-order valence-corrected chi connectivity index (χ2v) is 5.80. The number of benzene rings is 1. The normalized spacial score (nSPS) is 18.0. The van der Waals surface area contributed by atoms with Crippen molar-refractivity contribution in [3.05, 3.63) is 30.3 Å². The molecule has 124 valence electrons. The highest BCUT2D eigenvalue weighted by Crippen LogP contribution is 2.17. The van der Waals surface area contributed by atoms with Crippen LogP contribution in [0.4, 0.5) is 0 Å². The molecule has 0 amide bonds. The zero-order valence-electron chi connectivity index (χ0n) is 13.3. The van der Waals surface area contributed by atoms with Crippen LogP contribution >= 0.6 is 24.0 Å². The van der Waals surface area contributed by atoms with E-state index in [0.717, 1.165) is 5.75 Å². The minimum absolute atomic E-state index is 0. The monoisotopic (exact) mass is 417 g/mol. The van der Waals surface area contributed by atoms with E-state index in [-0.39, 0.29) is 30.1 Å². The lowest BCUT2D eigenvalue weighted by molar-refractivity contribution is 0.230. The summed E-state index contributed by atoms with van der Waals surface area (Å²) >= 11 is 0. The molecule has 22 heavy (non-hydrogen) atoms. The van der Waals surface area contributed by atoms with Crippen molar-refractivity contribution in [2.45, 2.75) is 57.6 Å². The summed E-state index contributed by atoms with van der Waals surface area (Å²) in [6, 6.07) is 10.3. The summed E-state index contributed by atoms with van der Waals surface area (Å²) < 4.78 is 5.78. The zero-order valence-corrected chi connectivity index (χ0v) is 15.7. The SMILES string of the molecule is CC(CN=C(N)NC1CCCCCC1)Oc1ccccc1.I. The van der Waals surface area contributed by atoms with Gasteiger partial charge in [0.1, 0.15) is 11.9 Å². The van der Waals surface area contributed by atoms with Gasteiger partial charge in [-0.15, -0.1) is 24.0 Å². The number of nitrogens with two attached hydrogens (primary N) is 1. The second kappa shape index (κ2) is 10.7. The predicted octanol–water partition coefficient (Wildman–Crippen LogP) is 3.70. The van der Waals surface area contributed by atoms with Gasteiger partial charge in [0.2, 0.25) is 0 Å². The van der Waals surface area contributed by atoms with Crippen LogP contribution in [0, 0.1) is 0 Å². The molecule has 1 saturated carbocycles. The van der Waals surface area contributed by atoms with Crippen molar-refractivity contribution >= 4 is 29.9 Å². The molecule has 1 fully saturated rings. The third-order valence-corrected chi connectivity index (χ3v) is 3.81. The molecule has 1 unspecified atom stereocenters. The summed E-state index contributed by atoms with van der Waals surface area (Å²) in [6.07, 6.45) is 7.69. The van der Waals surface area contributed by atoms with E-state index in [1.165, 1.54) is 38.5 Å². The smallest absolute Gasteiger partial charge is 0.188 e. The summed E-state index contributed by atoms with van der Waals surface area (Å²) in [6.45, 7) is 2.58. The van der Waals surface area contributed by atoms with Crippen LogP contribution in [0.25, 0.3) is 0 Å². The molecular formula is C17H28IN3O. The van der Waals surface area contributed by atoms with Gasteiger partial charge in [-0.25, -0.2) is 4.99 Å². The van der Waals surface area contributed by atoms with Crippen molar-refractivity contribution in [3.63, 3.8) is 0 Å². The van der Waals surface area contributed by atoms with Crippen molar-refractivity contribution in [1.82, 2.24) is 5.32 Å². The first-order chi connectivity index (χ1) is 10.2. The summed E-state index contributed by atoms with van der Waals surface area (Å²) in [7, 11) is 0. The molecular weight excluding hydrogens is 389 g/mol. The molecule has 0 saturated heterocycles. The van der Waals surface area contributed by atoms with E-state index in [1.54, 1.807) is 0 Å². The highest BCUT2D eigenvalue weighted by atomic mass is 127.